The van der Waals surface area contributed by atoms with E-state index in [1.54, 1.807) is 6.07 Å². The molecule has 25 heavy (non-hydrogen) atoms. The molecule has 0 saturated heterocycles. The number of nitriles is 1. The maximum Gasteiger partial charge on any atom is 0.196 e. The molecule has 1 aromatic carbocycles. The lowest BCUT2D eigenvalue weighted by Crippen LogP contribution is -2.13. The van der Waals surface area contributed by atoms with Crippen LogP contribution in [0.2, 0.25) is 0 Å². The molecule has 0 N–H and O–H groups in total. The van der Waals surface area contributed by atoms with Crippen molar-refractivity contribution in [2.45, 2.75) is 77.6 Å². The molecule has 0 radical (unpaired) electrons. The van der Waals surface area contributed by atoms with Gasteiger partial charge in [-0.05, 0) is 80.4 Å². The molecule has 0 aliphatic heterocycles. The topological polar surface area (TPSA) is 23.8 Å². The Labute approximate surface area is 152 Å². The summed E-state index contributed by atoms with van der Waals surface area (Å²) in [5, 5.41) is 8.51. The van der Waals surface area contributed by atoms with Gasteiger partial charge in [-0.25, -0.2) is 0 Å². The van der Waals surface area contributed by atoms with Crippen LogP contribution in [0.5, 0.6) is 0 Å². The van der Waals surface area contributed by atoms with Crippen molar-refractivity contribution < 1.29 is 4.39 Å². The van der Waals surface area contributed by atoms with E-state index in [0.717, 1.165) is 18.8 Å². The second kappa shape index (κ2) is 11.1. The van der Waals surface area contributed by atoms with E-state index >= 15 is 0 Å². The fourth-order valence-corrected chi connectivity index (χ4v) is 3.90. The number of allylic oxidation sites excluding steroid dienone is 2. The summed E-state index contributed by atoms with van der Waals surface area (Å²) < 4.78 is 13.0. The minimum Gasteiger partial charge on any atom is -0.195 e. The number of rotatable bonds is 9. The zero-order chi connectivity index (χ0) is 17.9. The highest BCUT2D eigenvalue weighted by atomic mass is 19.1. The molecule has 0 aromatic heterocycles. The van der Waals surface area contributed by atoms with Gasteiger partial charge in [-0.3, -0.25) is 0 Å². The van der Waals surface area contributed by atoms with Crippen molar-refractivity contribution in [3.63, 3.8) is 0 Å². The lowest BCUT2D eigenvalue weighted by molar-refractivity contribution is 0.288. The zero-order valence-electron chi connectivity index (χ0n) is 15.6. The molecule has 1 aliphatic rings. The number of hydrogen-bond acceptors (Lipinski definition) is 1. The van der Waals surface area contributed by atoms with Crippen LogP contribution in [0.4, 0.5) is 4.39 Å². The lowest BCUT2D eigenvalue weighted by Gasteiger charge is -2.26. The van der Waals surface area contributed by atoms with Gasteiger partial charge in [-0.15, -0.1) is 0 Å². The molecular weight excluding hydrogens is 309 g/mol. The van der Waals surface area contributed by atoms with E-state index < -0.39 is 5.83 Å². The van der Waals surface area contributed by atoms with Gasteiger partial charge in [0.05, 0.1) is 0 Å². The first-order valence-electron chi connectivity index (χ1n) is 10.1. The number of halogens is 1. The second-order valence-electron chi connectivity index (χ2n) is 7.57. The van der Waals surface area contributed by atoms with Crippen molar-refractivity contribution >= 4 is 0 Å². The van der Waals surface area contributed by atoms with Gasteiger partial charge in [0.15, 0.2) is 5.83 Å². The van der Waals surface area contributed by atoms with E-state index in [-0.39, 0.29) is 5.92 Å². The third-order valence-corrected chi connectivity index (χ3v) is 5.55. The van der Waals surface area contributed by atoms with Crippen LogP contribution < -0.4 is 0 Å². The minimum absolute atomic E-state index is 0.280. The SMILES string of the molecule is CCCCc1ccc(CCCCC2CCC(C=C(F)C#N)CC2)cc1. The Balaban J connectivity index is 1.60. The van der Waals surface area contributed by atoms with E-state index in [1.807, 2.05) is 0 Å². The molecule has 1 fully saturated rings. The van der Waals surface area contributed by atoms with Gasteiger partial charge in [-0.2, -0.15) is 9.65 Å². The average Bonchev–Trinajstić information content (AvgIpc) is 2.65. The Kier molecular flexibility index (Phi) is 8.73. The molecule has 0 spiro atoms. The summed E-state index contributed by atoms with van der Waals surface area (Å²) in [5.41, 5.74) is 2.92. The molecule has 2 rings (SSSR count). The summed E-state index contributed by atoms with van der Waals surface area (Å²) in [6.07, 6.45) is 14.7. The van der Waals surface area contributed by atoms with Crippen molar-refractivity contribution in [1.29, 1.82) is 5.26 Å². The van der Waals surface area contributed by atoms with Crippen LogP contribution >= 0.6 is 0 Å². The maximum absolute atomic E-state index is 13.0. The number of nitrogens with zero attached hydrogens (tertiary/aromatic N) is 1. The van der Waals surface area contributed by atoms with Crippen LogP contribution in [-0.2, 0) is 12.8 Å². The van der Waals surface area contributed by atoms with Crippen LogP contribution in [0, 0.1) is 23.2 Å². The number of hydrogen-bond donors (Lipinski definition) is 0. The lowest BCUT2D eigenvalue weighted by atomic mass is 9.79. The largest absolute Gasteiger partial charge is 0.196 e. The first-order chi connectivity index (χ1) is 12.2. The molecular formula is C23H32FN. The summed E-state index contributed by atoms with van der Waals surface area (Å²) >= 11 is 0. The molecule has 136 valence electrons. The molecule has 1 aromatic rings. The molecule has 1 nitrogen and oxygen atoms in total. The Hall–Kier alpha value is -1.62. The summed E-state index contributed by atoms with van der Waals surface area (Å²) in [4.78, 5) is 0. The molecule has 1 aliphatic carbocycles. The van der Waals surface area contributed by atoms with Crippen molar-refractivity contribution in [2.24, 2.45) is 11.8 Å². The maximum atomic E-state index is 13.0. The van der Waals surface area contributed by atoms with Crippen molar-refractivity contribution in [1.82, 2.24) is 0 Å². The average molecular weight is 342 g/mol. The second-order valence-corrected chi connectivity index (χ2v) is 7.57. The Morgan fingerprint density at radius 1 is 1.04 bits per heavy atom. The molecule has 0 bridgehead atoms. The number of benzene rings is 1. The standard InChI is InChI=1S/C23H32FN/c1-2-3-6-19-9-11-20(12-10-19)7-4-5-8-21-13-15-22(16-14-21)17-23(24)18-25/h9-12,17,21-22H,2-8,13-16H2,1H3. The third kappa shape index (κ3) is 7.43. The van der Waals surface area contributed by atoms with Gasteiger partial charge in [-0.1, -0.05) is 50.5 Å². The van der Waals surface area contributed by atoms with Gasteiger partial charge in [0.25, 0.3) is 0 Å². The molecule has 2 heteroatoms. The Morgan fingerprint density at radius 3 is 2.20 bits per heavy atom. The molecule has 0 atom stereocenters. The van der Waals surface area contributed by atoms with E-state index in [9.17, 15) is 4.39 Å². The van der Waals surface area contributed by atoms with Crippen molar-refractivity contribution in [2.75, 3.05) is 0 Å². The van der Waals surface area contributed by atoms with E-state index in [1.165, 1.54) is 75.0 Å². The van der Waals surface area contributed by atoms with Crippen LogP contribution in [0.3, 0.4) is 0 Å². The molecule has 0 heterocycles. The normalized spacial score (nSPS) is 21.1. The highest BCUT2D eigenvalue weighted by Crippen LogP contribution is 2.33. The van der Waals surface area contributed by atoms with Gasteiger partial charge in [0.2, 0.25) is 0 Å². The van der Waals surface area contributed by atoms with E-state index in [4.69, 9.17) is 5.26 Å². The fourth-order valence-electron chi connectivity index (χ4n) is 3.90. The predicted molar refractivity (Wildman–Crippen MR) is 103 cm³/mol. The van der Waals surface area contributed by atoms with Crippen LogP contribution in [-0.4, -0.2) is 0 Å². The highest BCUT2D eigenvalue weighted by Gasteiger charge is 2.20. The summed E-state index contributed by atoms with van der Waals surface area (Å²) in [5.74, 6) is 0.470. The van der Waals surface area contributed by atoms with Crippen LogP contribution in [0.25, 0.3) is 0 Å². The van der Waals surface area contributed by atoms with Crippen LogP contribution in [0.15, 0.2) is 36.2 Å². The van der Waals surface area contributed by atoms with Crippen LogP contribution in [0.1, 0.15) is 75.8 Å². The molecule has 0 amide bonds. The Bertz CT molecular complexity index is 559. The van der Waals surface area contributed by atoms with E-state index in [2.05, 4.69) is 31.2 Å². The van der Waals surface area contributed by atoms with Gasteiger partial charge in [0.1, 0.15) is 6.07 Å². The summed E-state index contributed by atoms with van der Waals surface area (Å²) in [6.45, 7) is 2.24. The van der Waals surface area contributed by atoms with Crippen molar-refractivity contribution in [3.8, 4) is 6.07 Å². The minimum atomic E-state index is -0.607. The first-order valence-corrected chi connectivity index (χ1v) is 10.1. The summed E-state index contributed by atoms with van der Waals surface area (Å²) in [6, 6.07) is 10.8. The zero-order valence-corrected chi connectivity index (χ0v) is 15.6. The van der Waals surface area contributed by atoms with Gasteiger partial charge in [0, 0.05) is 0 Å². The number of unbranched alkanes of at least 4 members (excludes halogenated alkanes) is 2. The monoisotopic (exact) mass is 341 g/mol. The first kappa shape index (κ1) is 19.7. The van der Waals surface area contributed by atoms with Gasteiger partial charge >= 0.3 is 0 Å². The fraction of sp³-hybridized carbons (Fsp3) is 0.609. The summed E-state index contributed by atoms with van der Waals surface area (Å²) in [7, 11) is 0. The highest BCUT2D eigenvalue weighted by molar-refractivity contribution is 5.22. The molecule has 0 unspecified atom stereocenters. The Morgan fingerprint density at radius 2 is 1.64 bits per heavy atom. The molecule has 1 saturated carbocycles. The predicted octanol–water partition coefficient (Wildman–Crippen LogP) is 6.93. The smallest absolute Gasteiger partial charge is 0.195 e. The third-order valence-electron chi connectivity index (χ3n) is 5.55. The number of aryl methyl sites for hydroxylation is 2. The van der Waals surface area contributed by atoms with Crippen molar-refractivity contribution in [3.05, 3.63) is 47.3 Å². The van der Waals surface area contributed by atoms with E-state index in [0.29, 0.717) is 0 Å². The quantitative estimate of drug-likeness (QED) is 0.353. The van der Waals surface area contributed by atoms with Gasteiger partial charge < -0.3 is 0 Å².